The molecule has 28 heavy (non-hydrogen) atoms. The molecule has 2 aliphatic rings. The Kier molecular flexibility index (Phi) is 5.27. The van der Waals surface area contributed by atoms with Crippen molar-refractivity contribution in [2.24, 2.45) is 0 Å². The minimum absolute atomic E-state index is 0.422. The molecule has 1 aromatic heterocycles. The summed E-state index contributed by atoms with van der Waals surface area (Å²) in [6.45, 7) is 2.54. The van der Waals surface area contributed by atoms with E-state index in [2.05, 4.69) is 21.8 Å². The number of alkyl halides is 3. The molecular formula is C21H25F3N4. The minimum Gasteiger partial charge on any atom is -0.356 e. The monoisotopic (exact) mass is 390 g/mol. The molecule has 0 bridgehead atoms. The van der Waals surface area contributed by atoms with Crippen LogP contribution in [-0.4, -0.2) is 41.0 Å². The molecule has 0 amide bonds. The first-order chi connectivity index (χ1) is 13.4. The zero-order chi connectivity index (χ0) is 19.7. The Bertz CT molecular complexity index is 794. The number of hydrogen-bond acceptors (Lipinski definition) is 4. The lowest BCUT2D eigenvalue weighted by Crippen LogP contribution is -2.43. The molecule has 1 aliphatic carbocycles. The molecule has 7 heteroatoms. The van der Waals surface area contributed by atoms with Crippen LogP contribution in [0.15, 0.2) is 36.5 Å². The number of halogens is 3. The van der Waals surface area contributed by atoms with E-state index in [0.717, 1.165) is 43.1 Å². The Hall–Kier alpha value is -2.15. The van der Waals surface area contributed by atoms with Gasteiger partial charge in [0.2, 0.25) is 0 Å². The molecule has 4 rings (SSSR count). The molecule has 150 valence electrons. The van der Waals surface area contributed by atoms with E-state index in [0.29, 0.717) is 18.5 Å². The Morgan fingerprint density at radius 3 is 2.32 bits per heavy atom. The maximum atomic E-state index is 12.7. The van der Waals surface area contributed by atoms with Crippen molar-refractivity contribution in [1.29, 1.82) is 0 Å². The maximum Gasteiger partial charge on any atom is 0.416 e. The first-order valence-corrected chi connectivity index (χ1v) is 9.84. The van der Waals surface area contributed by atoms with Crippen molar-refractivity contribution in [2.75, 3.05) is 25.0 Å². The second-order valence-corrected chi connectivity index (χ2v) is 7.86. The van der Waals surface area contributed by atoms with Crippen LogP contribution in [0.4, 0.5) is 19.0 Å². The summed E-state index contributed by atoms with van der Waals surface area (Å²) in [5.74, 6) is 2.49. The Morgan fingerprint density at radius 2 is 1.71 bits per heavy atom. The van der Waals surface area contributed by atoms with E-state index >= 15 is 0 Å². The van der Waals surface area contributed by atoms with Gasteiger partial charge in [-0.05, 0) is 49.4 Å². The summed E-state index contributed by atoms with van der Waals surface area (Å²) >= 11 is 0. The highest BCUT2D eigenvalue weighted by Crippen LogP contribution is 2.38. The van der Waals surface area contributed by atoms with Crippen molar-refractivity contribution >= 4 is 5.82 Å². The molecule has 1 aliphatic heterocycles. The van der Waals surface area contributed by atoms with E-state index in [9.17, 15) is 13.2 Å². The fraction of sp³-hybridized carbons (Fsp3) is 0.524. The molecule has 0 atom stereocenters. The van der Waals surface area contributed by atoms with Crippen molar-refractivity contribution in [1.82, 2.24) is 14.9 Å². The molecule has 0 N–H and O–H groups in total. The largest absolute Gasteiger partial charge is 0.416 e. The highest BCUT2D eigenvalue weighted by molar-refractivity contribution is 5.38. The fourth-order valence-corrected chi connectivity index (χ4v) is 3.81. The number of nitrogens with zero attached hydrogens (tertiary/aromatic N) is 4. The molecule has 2 heterocycles. The number of aromatic nitrogens is 2. The van der Waals surface area contributed by atoms with Gasteiger partial charge in [0.15, 0.2) is 0 Å². The van der Waals surface area contributed by atoms with E-state index in [1.165, 1.54) is 25.0 Å². The number of hydrogen-bond donors (Lipinski definition) is 0. The van der Waals surface area contributed by atoms with Crippen LogP contribution >= 0.6 is 0 Å². The number of benzene rings is 1. The molecule has 1 saturated heterocycles. The zero-order valence-electron chi connectivity index (χ0n) is 16.0. The van der Waals surface area contributed by atoms with Gasteiger partial charge in [0, 0.05) is 44.8 Å². The van der Waals surface area contributed by atoms with Gasteiger partial charge in [-0.3, -0.25) is 4.90 Å². The quantitative estimate of drug-likeness (QED) is 0.754. The Morgan fingerprint density at radius 1 is 1.04 bits per heavy atom. The van der Waals surface area contributed by atoms with Crippen LogP contribution in [0.3, 0.4) is 0 Å². The van der Waals surface area contributed by atoms with Crippen molar-refractivity contribution in [3.63, 3.8) is 0 Å². The third-order valence-corrected chi connectivity index (χ3v) is 5.76. The van der Waals surface area contributed by atoms with Gasteiger partial charge in [-0.2, -0.15) is 13.2 Å². The van der Waals surface area contributed by atoms with Gasteiger partial charge in [-0.1, -0.05) is 12.1 Å². The van der Waals surface area contributed by atoms with E-state index in [1.54, 1.807) is 12.1 Å². The predicted octanol–water partition coefficient (Wildman–Crippen LogP) is 4.47. The average molecular weight is 390 g/mol. The zero-order valence-corrected chi connectivity index (χ0v) is 16.0. The first-order valence-electron chi connectivity index (χ1n) is 9.84. The molecule has 0 unspecified atom stereocenters. The Labute approximate surface area is 163 Å². The minimum atomic E-state index is -4.28. The molecule has 0 radical (unpaired) electrons. The normalized spacial score (nSPS) is 19.0. The highest BCUT2D eigenvalue weighted by atomic mass is 19.4. The lowest BCUT2D eigenvalue weighted by Gasteiger charge is -2.37. The summed E-state index contributed by atoms with van der Waals surface area (Å²) in [7, 11) is 2.09. The summed E-state index contributed by atoms with van der Waals surface area (Å²) in [6, 6.07) is 7.90. The average Bonchev–Trinajstić information content (AvgIpc) is 3.53. The van der Waals surface area contributed by atoms with Gasteiger partial charge in [-0.25, -0.2) is 9.97 Å². The van der Waals surface area contributed by atoms with Gasteiger partial charge >= 0.3 is 6.18 Å². The van der Waals surface area contributed by atoms with Gasteiger partial charge in [0.25, 0.3) is 0 Å². The summed E-state index contributed by atoms with van der Waals surface area (Å²) in [6.07, 6.45) is 1.98. The van der Waals surface area contributed by atoms with Gasteiger partial charge in [0.1, 0.15) is 11.6 Å². The van der Waals surface area contributed by atoms with Crippen molar-refractivity contribution in [2.45, 2.75) is 50.4 Å². The van der Waals surface area contributed by atoms with Crippen LogP contribution in [0.2, 0.25) is 0 Å². The third-order valence-electron chi connectivity index (χ3n) is 5.76. The number of rotatable bonds is 5. The van der Waals surface area contributed by atoms with E-state index in [4.69, 9.17) is 4.98 Å². The van der Waals surface area contributed by atoms with Crippen molar-refractivity contribution in [3.8, 4) is 0 Å². The van der Waals surface area contributed by atoms with E-state index < -0.39 is 11.7 Å². The van der Waals surface area contributed by atoms with Crippen LogP contribution in [0.5, 0.6) is 0 Å². The van der Waals surface area contributed by atoms with Gasteiger partial charge in [0.05, 0.1) is 5.56 Å². The van der Waals surface area contributed by atoms with Gasteiger partial charge in [-0.15, -0.1) is 0 Å². The van der Waals surface area contributed by atoms with E-state index in [1.807, 2.05) is 12.3 Å². The van der Waals surface area contributed by atoms with Gasteiger partial charge < -0.3 is 4.90 Å². The summed E-state index contributed by atoms with van der Waals surface area (Å²) < 4.78 is 38.1. The molecule has 4 nitrogen and oxygen atoms in total. The maximum absolute atomic E-state index is 12.7. The molecular weight excluding hydrogens is 365 g/mol. The van der Waals surface area contributed by atoms with Crippen LogP contribution < -0.4 is 4.90 Å². The third kappa shape index (κ3) is 4.46. The smallest absolute Gasteiger partial charge is 0.356 e. The predicted molar refractivity (Wildman–Crippen MR) is 102 cm³/mol. The summed E-state index contributed by atoms with van der Waals surface area (Å²) in [5.41, 5.74) is 0.330. The molecule has 2 fully saturated rings. The second kappa shape index (κ2) is 7.70. The van der Waals surface area contributed by atoms with Crippen LogP contribution in [0, 0.1) is 0 Å². The number of anilines is 1. The lowest BCUT2D eigenvalue weighted by atomic mass is 10.0. The van der Waals surface area contributed by atoms with E-state index in [-0.39, 0.29) is 0 Å². The molecule has 2 aromatic rings. The summed E-state index contributed by atoms with van der Waals surface area (Å²) in [4.78, 5) is 13.7. The van der Waals surface area contributed by atoms with Crippen LogP contribution in [-0.2, 0) is 12.7 Å². The molecule has 0 spiro atoms. The number of piperidine rings is 1. The molecule has 1 aromatic carbocycles. The first kappa shape index (κ1) is 19.2. The SMILES string of the molecule is CN(c1ccnc(C2CC2)n1)C1CCN(Cc2ccc(C(F)(F)F)cc2)CC1. The standard InChI is InChI=1S/C21H25F3N4/c1-27(19-8-11-25-20(26-19)16-4-5-16)18-9-12-28(13-10-18)14-15-2-6-17(7-3-15)21(22,23)24/h2-3,6-8,11,16,18H,4-5,9-10,12-14H2,1H3. The lowest BCUT2D eigenvalue weighted by molar-refractivity contribution is -0.137. The summed E-state index contributed by atoms with van der Waals surface area (Å²) in [5, 5.41) is 0. The fourth-order valence-electron chi connectivity index (χ4n) is 3.81. The Balaban J connectivity index is 1.31. The van der Waals surface area contributed by atoms with Crippen molar-refractivity contribution in [3.05, 3.63) is 53.5 Å². The van der Waals surface area contributed by atoms with Crippen LogP contribution in [0.25, 0.3) is 0 Å². The highest BCUT2D eigenvalue weighted by Gasteiger charge is 2.30. The second-order valence-electron chi connectivity index (χ2n) is 7.86. The topological polar surface area (TPSA) is 32.3 Å². The number of likely N-dealkylation sites (tertiary alicyclic amines) is 1. The molecule has 1 saturated carbocycles. The van der Waals surface area contributed by atoms with Crippen LogP contribution in [0.1, 0.15) is 48.6 Å². The van der Waals surface area contributed by atoms with Crippen molar-refractivity contribution < 1.29 is 13.2 Å².